The summed E-state index contributed by atoms with van der Waals surface area (Å²) in [6, 6.07) is 17.3. The number of benzene rings is 2. The summed E-state index contributed by atoms with van der Waals surface area (Å²) in [6.07, 6.45) is 0.698. The Bertz CT molecular complexity index is 1040. The van der Waals surface area contributed by atoms with Crippen LogP contribution in [-0.2, 0) is 10.0 Å². The van der Waals surface area contributed by atoms with Gasteiger partial charge in [-0.3, -0.25) is 4.79 Å². The zero-order valence-electron chi connectivity index (χ0n) is 15.7. The van der Waals surface area contributed by atoms with Crippen molar-refractivity contribution in [1.82, 2.24) is 4.72 Å². The average molecular weight is 415 g/mol. The molecule has 0 spiro atoms. The first-order valence-electron chi connectivity index (χ1n) is 8.97. The molecule has 1 atom stereocenters. The SMILES string of the molecule is CCC(C)NS(=O)(=O)c1ccc(C(=O)Nc2ccccc2-c2cccs2)cc1. The fourth-order valence-corrected chi connectivity index (χ4v) is 4.73. The van der Waals surface area contributed by atoms with Gasteiger partial charge in [-0.15, -0.1) is 11.3 Å². The number of sulfonamides is 1. The zero-order chi connectivity index (χ0) is 20.1. The standard InChI is InChI=1S/C21H22N2O3S2/c1-3-15(2)23-28(25,26)17-12-10-16(11-13-17)21(24)22-19-8-5-4-7-18(19)20-9-6-14-27-20/h4-15,23H,3H2,1-2H3,(H,22,24). The van der Waals surface area contributed by atoms with Crippen LogP contribution in [0.1, 0.15) is 30.6 Å². The third-order valence-electron chi connectivity index (χ3n) is 4.36. The molecule has 0 aliphatic carbocycles. The van der Waals surface area contributed by atoms with Gasteiger partial charge in [-0.05, 0) is 55.1 Å². The smallest absolute Gasteiger partial charge is 0.255 e. The summed E-state index contributed by atoms with van der Waals surface area (Å²) >= 11 is 1.60. The van der Waals surface area contributed by atoms with Crippen LogP contribution in [0.2, 0.25) is 0 Å². The number of carbonyl (C=O) groups excluding carboxylic acids is 1. The molecule has 5 nitrogen and oxygen atoms in total. The van der Waals surface area contributed by atoms with Crippen molar-refractivity contribution < 1.29 is 13.2 Å². The third kappa shape index (κ3) is 4.67. The second-order valence-electron chi connectivity index (χ2n) is 6.43. The minimum atomic E-state index is -3.59. The molecule has 28 heavy (non-hydrogen) atoms. The Kier molecular flexibility index (Phi) is 6.28. The van der Waals surface area contributed by atoms with E-state index in [-0.39, 0.29) is 16.8 Å². The minimum Gasteiger partial charge on any atom is -0.321 e. The highest BCUT2D eigenvalue weighted by molar-refractivity contribution is 7.89. The number of amides is 1. The van der Waals surface area contributed by atoms with E-state index in [0.717, 1.165) is 10.4 Å². The fourth-order valence-electron chi connectivity index (χ4n) is 2.63. The van der Waals surface area contributed by atoms with Crippen molar-refractivity contribution >= 4 is 33.0 Å². The van der Waals surface area contributed by atoms with Crippen molar-refractivity contribution in [3.63, 3.8) is 0 Å². The quantitative estimate of drug-likeness (QED) is 0.586. The first kappa shape index (κ1) is 20.3. The number of rotatable bonds is 7. The predicted molar refractivity (Wildman–Crippen MR) is 114 cm³/mol. The first-order valence-corrected chi connectivity index (χ1v) is 11.3. The maximum absolute atomic E-state index is 12.6. The van der Waals surface area contributed by atoms with E-state index in [1.165, 1.54) is 24.3 Å². The number of para-hydroxylation sites is 1. The van der Waals surface area contributed by atoms with Crippen LogP contribution < -0.4 is 10.0 Å². The second kappa shape index (κ2) is 8.68. The molecule has 0 saturated heterocycles. The Morgan fingerprint density at radius 3 is 2.39 bits per heavy atom. The molecule has 0 radical (unpaired) electrons. The highest BCUT2D eigenvalue weighted by Gasteiger charge is 2.17. The lowest BCUT2D eigenvalue weighted by Crippen LogP contribution is -2.32. The summed E-state index contributed by atoms with van der Waals surface area (Å²) in [5, 5.41) is 4.90. The molecule has 1 heterocycles. The summed E-state index contributed by atoms with van der Waals surface area (Å²) in [5.74, 6) is -0.289. The molecule has 0 aliphatic heterocycles. The van der Waals surface area contributed by atoms with Crippen molar-refractivity contribution in [2.24, 2.45) is 0 Å². The maximum atomic E-state index is 12.6. The predicted octanol–water partition coefficient (Wildman–Crippen LogP) is 4.74. The molecular formula is C21H22N2O3S2. The van der Waals surface area contributed by atoms with Crippen LogP contribution >= 0.6 is 11.3 Å². The van der Waals surface area contributed by atoms with E-state index in [2.05, 4.69) is 10.0 Å². The van der Waals surface area contributed by atoms with E-state index in [9.17, 15) is 13.2 Å². The molecule has 0 aliphatic rings. The largest absolute Gasteiger partial charge is 0.321 e. The normalized spacial score (nSPS) is 12.5. The molecule has 1 amide bonds. The van der Waals surface area contributed by atoms with Gasteiger partial charge in [-0.2, -0.15) is 0 Å². The Hall–Kier alpha value is -2.48. The van der Waals surface area contributed by atoms with E-state index < -0.39 is 10.0 Å². The van der Waals surface area contributed by atoms with Gasteiger partial charge in [0.2, 0.25) is 10.0 Å². The van der Waals surface area contributed by atoms with Crippen LogP contribution in [0, 0.1) is 0 Å². The van der Waals surface area contributed by atoms with Gasteiger partial charge < -0.3 is 5.32 Å². The Morgan fingerprint density at radius 1 is 1.04 bits per heavy atom. The van der Waals surface area contributed by atoms with E-state index in [1.54, 1.807) is 11.3 Å². The van der Waals surface area contributed by atoms with Crippen molar-refractivity contribution in [2.45, 2.75) is 31.2 Å². The molecule has 3 aromatic rings. The molecule has 0 bridgehead atoms. The lowest BCUT2D eigenvalue weighted by molar-refractivity contribution is 0.102. The van der Waals surface area contributed by atoms with E-state index in [1.807, 2.05) is 55.6 Å². The number of carbonyl (C=O) groups is 1. The Morgan fingerprint density at radius 2 is 1.75 bits per heavy atom. The van der Waals surface area contributed by atoms with Gasteiger partial charge in [0.25, 0.3) is 5.91 Å². The molecule has 3 rings (SSSR count). The van der Waals surface area contributed by atoms with E-state index >= 15 is 0 Å². The molecule has 1 aromatic heterocycles. The number of hydrogen-bond donors (Lipinski definition) is 2. The van der Waals surface area contributed by atoms with Gasteiger partial charge >= 0.3 is 0 Å². The molecular weight excluding hydrogens is 392 g/mol. The van der Waals surface area contributed by atoms with Crippen LogP contribution in [0.3, 0.4) is 0 Å². The summed E-state index contributed by atoms with van der Waals surface area (Å²) in [6.45, 7) is 3.72. The summed E-state index contributed by atoms with van der Waals surface area (Å²) < 4.78 is 27.3. The third-order valence-corrected chi connectivity index (χ3v) is 6.87. The summed E-state index contributed by atoms with van der Waals surface area (Å²) in [7, 11) is -3.59. The minimum absolute atomic E-state index is 0.142. The average Bonchev–Trinajstić information content (AvgIpc) is 3.22. The Labute approximate surface area is 169 Å². The fraction of sp³-hybridized carbons (Fsp3) is 0.190. The van der Waals surface area contributed by atoms with Crippen LogP contribution in [0.4, 0.5) is 5.69 Å². The molecule has 0 fully saturated rings. The monoisotopic (exact) mass is 414 g/mol. The highest BCUT2D eigenvalue weighted by Crippen LogP contribution is 2.31. The van der Waals surface area contributed by atoms with Gasteiger partial charge in [0, 0.05) is 27.7 Å². The molecule has 0 saturated carbocycles. The van der Waals surface area contributed by atoms with Crippen molar-refractivity contribution in [2.75, 3.05) is 5.32 Å². The van der Waals surface area contributed by atoms with Crippen molar-refractivity contribution in [1.29, 1.82) is 0 Å². The van der Waals surface area contributed by atoms with Crippen LogP contribution in [0.25, 0.3) is 10.4 Å². The van der Waals surface area contributed by atoms with Crippen molar-refractivity contribution in [3.8, 4) is 10.4 Å². The van der Waals surface area contributed by atoms with Crippen molar-refractivity contribution in [3.05, 3.63) is 71.6 Å². The zero-order valence-corrected chi connectivity index (χ0v) is 17.3. The van der Waals surface area contributed by atoms with Gasteiger partial charge in [-0.25, -0.2) is 13.1 Å². The molecule has 2 N–H and O–H groups in total. The molecule has 146 valence electrons. The Balaban J connectivity index is 1.78. The topological polar surface area (TPSA) is 75.3 Å². The molecule has 2 aromatic carbocycles. The number of anilines is 1. The molecule has 1 unspecified atom stereocenters. The van der Waals surface area contributed by atoms with Gasteiger partial charge in [0.1, 0.15) is 0 Å². The number of thiophene rings is 1. The first-order chi connectivity index (χ1) is 13.4. The van der Waals surface area contributed by atoms with Gasteiger partial charge in [0.15, 0.2) is 0 Å². The van der Waals surface area contributed by atoms with Crippen LogP contribution in [0.15, 0.2) is 70.9 Å². The lowest BCUT2D eigenvalue weighted by Gasteiger charge is -2.13. The molecule has 7 heteroatoms. The number of nitrogens with one attached hydrogen (secondary N) is 2. The van der Waals surface area contributed by atoms with Gasteiger partial charge in [0.05, 0.1) is 4.90 Å². The lowest BCUT2D eigenvalue weighted by atomic mass is 10.1. The van der Waals surface area contributed by atoms with Crippen LogP contribution in [0.5, 0.6) is 0 Å². The maximum Gasteiger partial charge on any atom is 0.255 e. The van der Waals surface area contributed by atoms with E-state index in [0.29, 0.717) is 17.7 Å². The van der Waals surface area contributed by atoms with E-state index in [4.69, 9.17) is 0 Å². The van der Waals surface area contributed by atoms with Gasteiger partial charge in [-0.1, -0.05) is 31.2 Å². The highest BCUT2D eigenvalue weighted by atomic mass is 32.2. The second-order valence-corrected chi connectivity index (χ2v) is 9.09. The summed E-state index contributed by atoms with van der Waals surface area (Å²) in [5.41, 5.74) is 2.05. The van der Waals surface area contributed by atoms with Crippen LogP contribution in [-0.4, -0.2) is 20.4 Å². The summed E-state index contributed by atoms with van der Waals surface area (Å²) in [4.78, 5) is 13.9. The number of hydrogen-bond acceptors (Lipinski definition) is 4.